The van der Waals surface area contributed by atoms with E-state index < -0.39 is 10.8 Å². The second-order valence-electron chi connectivity index (χ2n) is 3.68. The fourth-order valence-electron chi connectivity index (χ4n) is 1.37. The lowest BCUT2D eigenvalue weighted by Crippen LogP contribution is -2.27. The third-order valence-electron chi connectivity index (χ3n) is 1.96. The first kappa shape index (κ1) is 14.6. The third-order valence-corrected chi connectivity index (χ3v) is 3.58. The van der Waals surface area contributed by atoms with Crippen LogP contribution >= 0.6 is 12.4 Å². The van der Waals surface area contributed by atoms with Crippen LogP contribution in [-0.4, -0.2) is 35.0 Å². The Labute approximate surface area is 101 Å². The number of nitrogens with zero attached hydrogens (tertiary/aromatic N) is 1. The molecule has 0 saturated heterocycles. The van der Waals surface area contributed by atoms with Gasteiger partial charge in [-0.2, -0.15) is 0 Å². The van der Waals surface area contributed by atoms with E-state index in [0.717, 1.165) is 11.4 Å². The molecule has 0 aliphatic heterocycles. The highest BCUT2D eigenvalue weighted by Crippen LogP contribution is 2.10. The molecule has 2 unspecified atom stereocenters. The molecule has 2 atom stereocenters. The molecule has 1 aromatic carbocycles. The molecule has 0 radical (unpaired) electrons. The zero-order valence-electron chi connectivity index (χ0n) is 9.34. The molecule has 0 aromatic heterocycles. The molecular weight excluding hydrogens is 230 g/mol. The highest BCUT2D eigenvalue weighted by Gasteiger charge is 2.13. The van der Waals surface area contributed by atoms with E-state index >= 15 is 0 Å². The maximum atomic E-state index is 12.0. The van der Waals surface area contributed by atoms with E-state index in [1.165, 1.54) is 0 Å². The second kappa shape index (κ2) is 6.99. The zero-order valence-corrected chi connectivity index (χ0v) is 11.0. The van der Waals surface area contributed by atoms with Crippen molar-refractivity contribution in [1.29, 1.82) is 0 Å². The average Bonchev–Trinajstić information content (AvgIpc) is 2.17. The number of halogens is 1. The van der Waals surface area contributed by atoms with Gasteiger partial charge in [-0.15, -0.1) is 12.4 Å². The van der Waals surface area contributed by atoms with Gasteiger partial charge in [0.25, 0.3) is 0 Å². The van der Waals surface area contributed by atoms with Crippen molar-refractivity contribution < 1.29 is 4.21 Å². The Balaban J connectivity index is 0.00000196. The monoisotopic (exact) mass is 247 g/mol. The molecule has 1 rings (SSSR count). The molecular formula is C11H18ClNOS. The smallest absolute Gasteiger partial charge is 0.0570 e. The minimum absolute atomic E-state index is 0. The number of hydrogen-bond donors (Lipinski definition) is 0. The summed E-state index contributed by atoms with van der Waals surface area (Å²) in [4.78, 5) is 2.98. The van der Waals surface area contributed by atoms with E-state index in [2.05, 4.69) is 4.90 Å². The first-order valence-corrected chi connectivity index (χ1v) is 5.93. The van der Waals surface area contributed by atoms with Gasteiger partial charge < -0.3 is 4.90 Å². The molecule has 86 valence electrons. The summed E-state index contributed by atoms with van der Waals surface area (Å²) in [5, 5.41) is 0.174. The summed E-state index contributed by atoms with van der Waals surface area (Å²) in [6.45, 7) is 2.87. The van der Waals surface area contributed by atoms with Crippen molar-refractivity contribution in [3.8, 4) is 0 Å². The second-order valence-corrected chi connectivity index (χ2v) is 5.55. The molecule has 0 aliphatic carbocycles. The Morgan fingerprint density at radius 1 is 1.27 bits per heavy atom. The van der Waals surface area contributed by atoms with Crippen LogP contribution in [0.1, 0.15) is 6.92 Å². The Morgan fingerprint density at radius 2 is 1.80 bits per heavy atom. The Kier molecular flexibility index (Phi) is 6.81. The lowest BCUT2D eigenvalue weighted by atomic mass is 10.4. The van der Waals surface area contributed by atoms with Gasteiger partial charge in [-0.1, -0.05) is 18.2 Å². The summed E-state index contributed by atoms with van der Waals surface area (Å²) < 4.78 is 12.0. The molecule has 1 aromatic rings. The molecule has 0 fully saturated rings. The van der Waals surface area contributed by atoms with Crippen molar-refractivity contribution in [3.63, 3.8) is 0 Å². The lowest BCUT2D eigenvalue weighted by Gasteiger charge is -2.16. The van der Waals surface area contributed by atoms with Crippen LogP contribution in [0.25, 0.3) is 0 Å². The summed E-state index contributed by atoms with van der Waals surface area (Å²) in [7, 11) is 3.11. The predicted molar refractivity (Wildman–Crippen MR) is 68.1 cm³/mol. The van der Waals surface area contributed by atoms with Crippen molar-refractivity contribution in [2.75, 3.05) is 20.6 Å². The Morgan fingerprint density at radius 3 is 2.27 bits per heavy atom. The standard InChI is InChI=1S/C11H17NOS.ClH/c1-10(9-12(2)3)14(13)11-7-5-4-6-8-11;/h4-8,10H,9H2,1-3H3;1H. The maximum absolute atomic E-state index is 12.0. The van der Waals surface area contributed by atoms with Gasteiger partial charge in [0.2, 0.25) is 0 Å². The van der Waals surface area contributed by atoms with Gasteiger partial charge in [-0.3, -0.25) is 4.21 Å². The normalized spacial score (nSPS) is 14.4. The fraction of sp³-hybridized carbons (Fsp3) is 0.455. The van der Waals surface area contributed by atoms with Crippen LogP contribution in [0.3, 0.4) is 0 Å². The third kappa shape index (κ3) is 4.78. The van der Waals surface area contributed by atoms with Crippen LogP contribution < -0.4 is 0 Å². The minimum Gasteiger partial charge on any atom is -0.308 e. The molecule has 15 heavy (non-hydrogen) atoms. The van der Waals surface area contributed by atoms with Crippen molar-refractivity contribution in [2.24, 2.45) is 0 Å². The summed E-state index contributed by atoms with van der Waals surface area (Å²) >= 11 is 0. The molecule has 2 nitrogen and oxygen atoms in total. The highest BCUT2D eigenvalue weighted by molar-refractivity contribution is 7.85. The Bertz CT molecular complexity index is 303. The molecule has 0 aliphatic rings. The SMILES string of the molecule is CC(CN(C)C)S(=O)c1ccccc1.Cl. The van der Waals surface area contributed by atoms with Gasteiger partial charge in [0.1, 0.15) is 0 Å². The van der Waals surface area contributed by atoms with Gasteiger partial charge in [0, 0.05) is 16.7 Å². The lowest BCUT2D eigenvalue weighted by molar-refractivity contribution is 0.410. The average molecular weight is 248 g/mol. The van der Waals surface area contributed by atoms with Gasteiger partial charge >= 0.3 is 0 Å². The summed E-state index contributed by atoms with van der Waals surface area (Å²) in [5.41, 5.74) is 0. The molecule has 0 saturated carbocycles. The van der Waals surface area contributed by atoms with Crippen LogP contribution in [0, 0.1) is 0 Å². The Hall–Kier alpha value is -0.380. The number of hydrogen-bond acceptors (Lipinski definition) is 2. The van der Waals surface area contributed by atoms with E-state index in [1.54, 1.807) is 0 Å². The van der Waals surface area contributed by atoms with E-state index in [9.17, 15) is 4.21 Å². The van der Waals surface area contributed by atoms with Gasteiger partial charge in [0.05, 0.1) is 10.8 Å². The largest absolute Gasteiger partial charge is 0.308 e. The van der Waals surface area contributed by atoms with Crippen molar-refractivity contribution in [2.45, 2.75) is 17.1 Å². The molecule has 0 heterocycles. The zero-order chi connectivity index (χ0) is 10.6. The van der Waals surface area contributed by atoms with Crippen LogP contribution in [0.5, 0.6) is 0 Å². The van der Waals surface area contributed by atoms with Gasteiger partial charge in [0.15, 0.2) is 0 Å². The van der Waals surface area contributed by atoms with Crippen LogP contribution in [0.15, 0.2) is 35.2 Å². The first-order valence-electron chi connectivity index (χ1n) is 4.71. The number of benzene rings is 1. The molecule has 4 heteroatoms. The first-order chi connectivity index (χ1) is 6.61. The minimum atomic E-state index is -0.890. The molecule has 0 amide bonds. The maximum Gasteiger partial charge on any atom is 0.0570 e. The summed E-state index contributed by atoms with van der Waals surface area (Å²) in [5.74, 6) is 0. The summed E-state index contributed by atoms with van der Waals surface area (Å²) in [6.07, 6.45) is 0. The van der Waals surface area contributed by atoms with Crippen LogP contribution in [-0.2, 0) is 10.8 Å². The predicted octanol–water partition coefficient (Wildman–Crippen LogP) is 2.17. The van der Waals surface area contributed by atoms with Crippen molar-refractivity contribution in [1.82, 2.24) is 4.90 Å². The van der Waals surface area contributed by atoms with E-state index in [4.69, 9.17) is 0 Å². The van der Waals surface area contributed by atoms with Gasteiger partial charge in [-0.25, -0.2) is 0 Å². The van der Waals surface area contributed by atoms with Crippen molar-refractivity contribution in [3.05, 3.63) is 30.3 Å². The molecule has 0 spiro atoms. The van der Waals surface area contributed by atoms with E-state index in [-0.39, 0.29) is 17.7 Å². The molecule has 0 bridgehead atoms. The van der Waals surface area contributed by atoms with Gasteiger partial charge in [-0.05, 0) is 33.2 Å². The fourth-order valence-corrected chi connectivity index (χ4v) is 2.69. The van der Waals surface area contributed by atoms with E-state index in [1.807, 2.05) is 51.4 Å². The van der Waals surface area contributed by atoms with Crippen molar-refractivity contribution >= 4 is 23.2 Å². The topological polar surface area (TPSA) is 20.3 Å². The van der Waals surface area contributed by atoms with E-state index in [0.29, 0.717) is 0 Å². The van der Waals surface area contributed by atoms with Crippen LogP contribution in [0.4, 0.5) is 0 Å². The summed E-state index contributed by atoms with van der Waals surface area (Å²) in [6, 6.07) is 9.63. The quantitative estimate of drug-likeness (QED) is 0.813. The van der Waals surface area contributed by atoms with Crippen LogP contribution in [0.2, 0.25) is 0 Å². The highest BCUT2D eigenvalue weighted by atomic mass is 35.5. The number of rotatable bonds is 4. The molecule has 0 N–H and O–H groups in total.